The zero-order valence-electron chi connectivity index (χ0n) is 29.2. The molecule has 2 aromatic rings. The number of carboxylic acid groups (broad SMARTS) is 1. The molecule has 0 unspecified atom stereocenters. The third-order valence-corrected chi connectivity index (χ3v) is 10.2. The second kappa shape index (κ2) is 18.0. The SMILES string of the molecule is CC[C@H](C)[C@@H]1NC(=O)CNC(=O)[C@H](N)Cc2c([nH]c3ccccc23)SC[C@H](C(=O)N[C@@H](CC(N)=O)C(=O)N2C[C@H](O)C[C@H]2C(=O)O)NC(=O)CNC1=O. The number of carbonyl (C=O) groups is 8. The summed E-state index contributed by atoms with van der Waals surface area (Å²) in [6, 6.07) is 0.470. The van der Waals surface area contributed by atoms with E-state index < -0.39 is 103 Å². The van der Waals surface area contributed by atoms with Crippen molar-refractivity contribution in [2.75, 3.05) is 25.4 Å². The van der Waals surface area contributed by atoms with Crippen LogP contribution < -0.4 is 38.1 Å². The summed E-state index contributed by atoms with van der Waals surface area (Å²) in [4.78, 5) is 108. The Labute approximate surface area is 308 Å². The fourth-order valence-electron chi connectivity index (χ4n) is 6.08. The highest BCUT2D eigenvalue weighted by Gasteiger charge is 2.42. The molecule has 288 valence electrons. The number of amides is 7. The predicted octanol–water partition coefficient (Wildman–Crippen LogP) is -3.20. The van der Waals surface area contributed by atoms with E-state index in [0.717, 1.165) is 22.0 Å². The van der Waals surface area contributed by atoms with E-state index in [4.69, 9.17) is 11.5 Å². The van der Waals surface area contributed by atoms with Gasteiger partial charge in [0.2, 0.25) is 41.4 Å². The van der Waals surface area contributed by atoms with Crippen LogP contribution in [0, 0.1) is 5.92 Å². The van der Waals surface area contributed by atoms with Gasteiger partial charge in [0.1, 0.15) is 24.2 Å². The molecule has 3 heterocycles. The van der Waals surface area contributed by atoms with Crippen LogP contribution in [-0.2, 0) is 44.8 Å². The lowest BCUT2D eigenvalue weighted by atomic mass is 9.98. The maximum Gasteiger partial charge on any atom is 0.326 e. The number of H-pyrrole nitrogens is 1. The average Bonchev–Trinajstić information content (AvgIpc) is 3.68. The van der Waals surface area contributed by atoms with Gasteiger partial charge < -0.3 is 58.1 Å². The van der Waals surface area contributed by atoms with Gasteiger partial charge in [-0.25, -0.2) is 4.79 Å². The summed E-state index contributed by atoms with van der Waals surface area (Å²) in [5.41, 5.74) is 13.0. The smallest absolute Gasteiger partial charge is 0.326 e. The van der Waals surface area contributed by atoms with Crippen molar-refractivity contribution in [2.45, 2.75) is 80.9 Å². The number of nitrogens with one attached hydrogen (secondary N) is 6. The fourth-order valence-corrected chi connectivity index (χ4v) is 7.19. The number of aromatic nitrogens is 1. The molecule has 20 heteroatoms. The van der Waals surface area contributed by atoms with Crippen LogP contribution in [0.3, 0.4) is 0 Å². The fraction of sp³-hybridized carbons (Fsp3) is 0.515. The van der Waals surface area contributed by atoms with E-state index in [2.05, 4.69) is 31.6 Å². The number of aromatic amines is 1. The zero-order valence-corrected chi connectivity index (χ0v) is 30.0. The number of para-hydroxylation sites is 1. The topological polar surface area (TPSA) is 308 Å². The molecule has 1 saturated heterocycles. The number of thioether (sulfide) groups is 1. The Morgan fingerprint density at radius 2 is 1.70 bits per heavy atom. The van der Waals surface area contributed by atoms with Crippen molar-refractivity contribution >= 4 is 70.0 Å². The molecule has 2 aliphatic heterocycles. The minimum atomic E-state index is -1.65. The van der Waals surface area contributed by atoms with E-state index in [9.17, 15) is 48.6 Å². The van der Waals surface area contributed by atoms with E-state index in [1.807, 2.05) is 0 Å². The molecule has 19 nitrogen and oxygen atoms in total. The van der Waals surface area contributed by atoms with Crippen LogP contribution >= 0.6 is 11.8 Å². The molecule has 7 atom stereocenters. The molecule has 0 radical (unpaired) electrons. The molecular formula is C33H45N9O10S. The number of aliphatic carboxylic acids is 1. The lowest BCUT2D eigenvalue weighted by molar-refractivity contribution is -0.149. The molecule has 1 aromatic carbocycles. The Morgan fingerprint density at radius 3 is 2.36 bits per heavy atom. The summed E-state index contributed by atoms with van der Waals surface area (Å²) < 4.78 is 0. The molecule has 1 fully saturated rings. The molecule has 12 N–H and O–H groups in total. The van der Waals surface area contributed by atoms with Crippen molar-refractivity contribution in [3.63, 3.8) is 0 Å². The molecule has 0 spiro atoms. The van der Waals surface area contributed by atoms with Crippen molar-refractivity contribution in [3.8, 4) is 0 Å². The Morgan fingerprint density at radius 1 is 1.04 bits per heavy atom. The van der Waals surface area contributed by atoms with Crippen LogP contribution in [0.1, 0.15) is 38.7 Å². The first-order chi connectivity index (χ1) is 25.1. The number of fused-ring (bicyclic) bond motifs is 3. The van der Waals surface area contributed by atoms with Crippen molar-refractivity contribution in [1.82, 2.24) is 36.5 Å². The van der Waals surface area contributed by atoms with E-state index >= 15 is 0 Å². The second-order valence-electron chi connectivity index (χ2n) is 13.1. The number of aliphatic hydroxyl groups excluding tert-OH is 1. The van der Waals surface area contributed by atoms with Gasteiger partial charge in [-0.1, -0.05) is 38.5 Å². The van der Waals surface area contributed by atoms with Crippen LogP contribution in [0.5, 0.6) is 0 Å². The number of nitrogens with two attached hydrogens (primary N) is 2. The largest absolute Gasteiger partial charge is 0.480 e. The Hall–Kier alpha value is -5.21. The molecule has 1 aromatic heterocycles. The molecule has 7 amide bonds. The average molecular weight is 760 g/mol. The lowest BCUT2D eigenvalue weighted by Gasteiger charge is -2.28. The molecule has 0 saturated carbocycles. The van der Waals surface area contributed by atoms with Gasteiger partial charge in [-0.3, -0.25) is 33.6 Å². The Kier molecular flexibility index (Phi) is 13.8. The third-order valence-electron chi connectivity index (χ3n) is 9.11. The molecule has 53 heavy (non-hydrogen) atoms. The van der Waals surface area contributed by atoms with Gasteiger partial charge in [0.05, 0.1) is 36.7 Å². The Balaban J connectivity index is 1.67. The number of primary amides is 1. The monoisotopic (exact) mass is 759 g/mol. The van der Waals surface area contributed by atoms with Crippen LogP contribution in [-0.4, -0.2) is 129 Å². The van der Waals surface area contributed by atoms with Gasteiger partial charge in [-0.15, -0.1) is 11.8 Å². The molecule has 4 rings (SSSR count). The van der Waals surface area contributed by atoms with Gasteiger partial charge in [0, 0.05) is 29.6 Å². The maximum absolute atomic E-state index is 13.9. The van der Waals surface area contributed by atoms with Gasteiger partial charge in [-0.05, 0) is 24.0 Å². The molecule has 2 aliphatic rings. The van der Waals surface area contributed by atoms with E-state index in [1.165, 1.54) is 0 Å². The van der Waals surface area contributed by atoms with Crippen LogP contribution in [0.15, 0.2) is 29.3 Å². The van der Waals surface area contributed by atoms with Crippen molar-refractivity contribution in [2.24, 2.45) is 17.4 Å². The number of carbonyl (C=O) groups excluding carboxylic acids is 7. The Bertz CT molecular complexity index is 1750. The number of β-amino-alcohol motifs (C(OH)–C–C–N with tert-alkyl or cyclic N) is 1. The number of carboxylic acids is 1. The lowest BCUT2D eigenvalue weighted by Crippen LogP contribution is -2.58. The van der Waals surface area contributed by atoms with Gasteiger partial charge >= 0.3 is 5.97 Å². The molecule has 0 aliphatic carbocycles. The number of hydrogen-bond donors (Lipinski definition) is 10. The summed E-state index contributed by atoms with van der Waals surface area (Å²) in [5, 5.41) is 33.4. The van der Waals surface area contributed by atoms with Gasteiger partial charge in [0.15, 0.2) is 0 Å². The summed E-state index contributed by atoms with van der Waals surface area (Å²) >= 11 is 1.08. The number of nitrogens with zero attached hydrogens (tertiary/aromatic N) is 1. The van der Waals surface area contributed by atoms with E-state index in [-0.39, 0.29) is 31.1 Å². The number of likely N-dealkylation sites (tertiary alicyclic amines) is 1. The third kappa shape index (κ3) is 10.4. The standard InChI is InChI=1S/C33H45N9O10S/c1-3-15(2)27-30(49)37-11-25(45)38-22(29(48)39-21(10-24(35)44)32(50)42-13-16(43)8-23(42)33(51)52)14-53-31-18(17-6-4-5-7-20(17)40-31)9-19(34)28(47)36-12-26(46)41-27/h4-7,15-16,19,21-23,27,40,43H,3,8-14,34H2,1-2H3,(H2,35,44)(H,36,47)(H,37,49)(H,38,45)(H,39,48)(H,41,46)(H,51,52)/t15-,16+,19+,21-,22+,23-,27-/m0/s1. The van der Waals surface area contributed by atoms with Crippen LogP contribution in [0.2, 0.25) is 0 Å². The normalized spacial score (nSPS) is 24.7. The van der Waals surface area contributed by atoms with Crippen molar-refractivity contribution in [1.29, 1.82) is 0 Å². The second-order valence-corrected chi connectivity index (χ2v) is 14.1. The summed E-state index contributed by atoms with van der Waals surface area (Å²) in [5.74, 6) is -7.67. The first-order valence-corrected chi connectivity index (χ1v) is 18.0. The highest BCUT2D eigenvalue weighted by atomic mass is 32.2. The van der Waals surface area contributed by atoms with Crippen molar-refractivity contribution in [3.05, 3.63) is 29.8 Å². The van der Waals surface area contributed by atoms with E-state index in [1.54, 1.807) is 38.1 Å². The molecular weight excluding hydrogens is 714 g/mol. The number of rotatable bonds is 8. The van der Waals surface area contributed by atoms with Gasteiger partial charge in [0.25, 0.3) is 0 Å². The zero-order chi connectivity index (χ0) is 39.0. The number of hydrogen-bond acceptors (Lipinski definition) is 11. The van der Waals surface area contributed by atoms with E-state index in [0.29, 0.717) is 22.5 Å². The highest BCUT2D eigenvalue weighted by Crippen LogP contribution is 2.31. The maximum atomic E-state index is 13.9. The van der Waals surface area contributed by atoms with Crippen LogP contribution in [0.25, 0.3) is 10.9 Å². The van der Waals surface area contributed by atoms with Gasteiger partial charge in [-0.2, -0.15) is 0 Å². The summed E-state index contributed by atoms with van der Waals surface area (Å²) in [6.45, 7) is 2.08. The van der Waals surface area contributed by atoms with Crippen LogP contribution in [0.4, 0.5) is 0 Å². The molecule has 0 bridgehead atoms. The summed E-state index contributed by atoms with van der Waals surface area (Å²) in [6.07, 6.45) is -1.66. The number of aliphatic hydroxyl groups is 1. The minimum Gasteiger partial charge on any atom is -0.480 e. The quantitative estimate of drug-likeness (QED) is 0.127. The predicted molar refractivity (Wildman–Crippen MR) is 190 cm³/mol. The first-order valence-electron chi connectivity index (χ1n) is 17.0. The minimum absolute atomic E-state index is 0.00252. The summed E-state index contributed by atoms with van der Waals surface area (Å²) in [7, 11) is 0. The first kappa shape index (κ1) is 40.6. The highest BCUT2D eigenvalue weighted by molar-refractivity contribution is 7.99. The number of benzene rings is 1. The van der Waals surface area contributed by atoms with Crippen molar-refractivity contribution < 1.29 is 48.6 Å².